The number of carbonyl (C=O) groups excluding carboxylic acids is 1. The van der Waals surface area contributed by atoms with Crippen molar-refractivity contribution in [2.24, 2.45) is 0 Å². The van der Waals surface area contributed by atoms with E-state index in [2.05, 4.69) is 15.2 Å². The van der Waals surface area contributed by atoms with Gasteiger partial charge in [-0.1, -0.05) is 12.1 Å². The average Bonchev–Trinajstić information content (AvgIpc) is 3.19. The summed E-state index contributed by atoms with van der Waals surface area (Å²) in [7, 11) is 0. The fraction of sp³-hybridized carbons (Fsp3) is 0.647. The molecular weight excluding hydrogens is 306 g/mol. The van der Waals surface area contributed by atoms with Crippen LogP contribution < -0.4 is 0 Å². The van der Waals surface area contributed by atoms with Crippen LogP contribution in [0.25, 0.3) is 0 Å². The van der Waals surface area contributed by atoms with Crippen molar-refractivity contribution in [3.63, 3.8) is 0 Å². The van der Waals surface area contributed by atoms with Gasteiger partial charge in [-0.3, -0.25) is 9.48 Å². The van der Waals surface area contributed by atoms with Crippen LogP contribution in [0.4, 0.5) is 0 Å². The minimum atomic E-state index is 0.157. The maximum Gasteiger partial charge on any atom is 0.231 e. The molecule has 1 amide bonds. The fourth-order valence-corrected chi connectivity index (χ4v) is 3.24. The lowest BCUT2D eigenvalue weighted by atomic mass is 9.97. The first-order chi connectivity index (χ1) is 11.6. The molecule has 24 heavy (non-hydrogen) atoms. The molecule has 1 atom stereocenters. The molecule has 0 radical (unpaired) electrons. The lowest BCUT2D eigenvalue weighted by Gasteiger charge is -2.31. The molecule has 3 rings (SSSR count). The normalized spacial score (nSPS) is 18.1. The van der Waals surface area contributed by atoms with Gasteiger partial charge >= 0.3 is 0 Å². The summed E-state index contributed by atoms with van der Waals surface area (Å²) in [5, 5.41) is 8.38. The van der Waals surface area contributed by atoms with E-state index < -0.39 is 0 Å². The van der Waals surface area contributed by atoms with Crippen molar-refractivity contribution in [3.05, 3.63) is 29.2 Å². The second-order valence-corrected chi connectivity index (χ2v) is 6.48. The van der Waals surface area contributed by atoms with Gasteiger partial charge in [0.2, 0.25) is 11.8 Å². The Kier molecular flexibility index (Phi) is 4.97. The predicted molar refractivity (Wildman–Crippen MR) is 88.5 cm³/mol. The van der Waals surface area contributed by atoms with Crippen LogP contribution in [0.15, 0.2) is 10.6 Å². The quantitative estimate of drug-likeness (QED) is 0.840. The van der Waals surface area contributed by atoms with Gasteiger partial charge in [-0.2, -0.15) is 10.1 Å². The molecule has 0 N–H and O–H groups in total. The van der Waals surface area contributed by atoms with Crippen molar-refractivity contribution in [1.29, 1.82) is 0 Å². The largest absolute Gasteiger partial charge is 0.342 e. The molecule has 1 aliphatic rings. The lowest BCUT2D eigenvalue weighted by Crippen LogP contribution is -2.39. The maximum absolute atomic E-state index is 12.5. The van der Waals surface area contributed by atoms with Crippen molar-refractivity contribution in [2.45, 2.75) is 58.9 Å². The average molecular weight is 331 g/mol. The number of carbonyl (C=O) groups is 1. The zero-order valence-electron chi connectivity index (χ0n) is 14.7. The highest BCUT2D eigenvalue weighted by Gasteiger charge is 2.28. The SMILES string of the molecule is CCc1noc([C@H]2CCCN(C(=O)CCn3nc(C)cc3C)C2)n1. The standard InChI is InChI=1S/C17H25N5O2/c1-4-15-18-17(24-20-15)14-6-5-8-21(11-14)16(23)7-9-22-13(3)10-12(2)19-22/h10,14H,4-9,11H2,1-3H3/t14-/m0/s1. The molecule has 7 nitrogen and oxygen atoms in total. The molecule has 3 heterocycles. The first kappa shape index (κ1) is 16.7. The Balaban J connectivity index is 1.57. The van der Waals surface area contributed by atoms with Crippen molar-refractivity contribution in [3.8, 4) is 0 Å². The molecule has 0 aromatic carbocycles. The van der Waals surface area contributed by atoms with Gasteiger partial charge in [-0.15, -0.1) is 0 Å². The van der Waals surface area contributed by atoms with Crippen LogP contribution in [0, 0.1) is 13.8 Å². The summed E-state index contributed by atoms with van der Waals surface area (Å²) < 4.78 is 7.26. The molecule has 7 heteroatoms. The molecule has 0 spiro atoms. The topological polar surface area (TPSA) is 77.0 Å². The van der Waals surface area contributed by atoms with Gasteiger partial charge in [0, 0.05) is 38.2 Å². The van der Waals surface area contributed by atoms with E-state index in [-0.39, 0.29) is 11.8 Å². The molecule has 0 bridgehead atoms. The number of aryl methyl sites for hydroxylation is 4. The number of likely N-dealkylation sites (tertiary alicyclic amines) is 1. The van der Waals surface area contributed by atoms with Gasteiger partial charge in [-0.05, 0) is 32.8 Å². The number of amides is 1. The third kappa shape index (κ3) is 3.66. The van der Waals surface area contributed by atoms with Crippen LogP contribution in [-0.4, -0.2) is 43.8 Å². The maximum atomic E-state index is 12.5. The van der Waals surface area contributed by atoms with Gasteiger partial charge in [0.25, 0.3) is 0 Å². The zero-order valence-corrected chi connectivity index (χ0v) is 14.7. The van der Waals surface area contributed by atoms with E-state index in [0.717, 1.165) is 43.0 Å². The van der Waals surface area contributed by atoms with E-state index in [4.69, 9.17) is 4.52 Å². The highest BCUT2D eigenvalue weighted by atomic mass is 16.5. The Hall–Kier alpha value is -2.18. The van der Waals surface area contributed by atoms with Crippen LogP contribution >= 0.6 is 0 Å². The number of hydrogen-bond acceptors (Lipinski definition) is 5. The number of hydrogen-bond donors (Lipinski definition) is 0. The highest BCUT2D eigenvalue weighted by Crippen LogP contribution is 2.26. The van der Waals surface area contributed by atoms with E-state index >= 15 is 0 Å². The van der Waals surface area contributed by atoms with Crippen LogP contribution in [-0.2, 0) is 17.8 Å². The molecule has 0 saturated carbocycles. The Morgan fingerprint density at radius 3 is 2.92 bits per heavy atom. The fourth-order valence-electron chi connectivity index (χ4n) is 3.24. The van der Waals surface area contributed by atoms with Gasteiger partial charge in [0.05, 0.1) is 11.6 Å². The van der Waals surface area contributed by atoms with E-state index in [9.17, 15) is 4.79 Å². The van der Waals surface area contributed by atoms with Gasteiger partial charge < -0.3 is 9.42 Å². The summed E-state index contributed by atoms with van der Waals surface area (Å²) in [6, 6.07) is 2.03. The molecule has 1 aliphatic heterocycles. The van der Waals surface area contributed by atoms with Crippen LogP contribution in [0.5, 0.6) is 0 Å². The third-order valence-corrected chi connectivity index (χ3v) is 4.56. The summed E-state index contributed by atoms with van der Waals surface area (Å²) in [5.41, 5.74) is 2.08. The van der Waals surface area contributed by atoms with E-state index in [0.29, 0.717) is 25.4 Å². The lowest BCUT2D eigenvalue weighted by molar-refractivity contribution is -0.132. The zero-order chi connectivity index (χ0) is 17.1. The minimum Gasteiger partial charge on any atom is -0.342 e. The number of nitrogens with zero attached hydrogens (tertiary/aromatic N) is 5. The number of aromatic nitrogens is 4. The molecule has 2 aromatic heterocycles. The Morgan fingerprint density at radius 2 is 2.25 bits per heavy atom. The van der Waals surface area contributed by atoms with Gasteiger partial charge in [0.1, 0.15) is 0 Å². The van der Waals surface area contributed by atoms with Crippen molar-refractivity contribution < 1.29 is 9.32 Å². The van der Waals surface area contributed by atoms with Crippen LogP contribution in [0.1, 0.15) is 55.2 Å². The third-order valence-electron chi connectivity index (χ3n) is 4.56. The molecule has 0 aliphatic carbocycles. The number of rotatable bonds is 5. The molecule has 1 saturated heterocycles. The first-order valence-electron chi connectivity index (χ1n) is 8.68. The Labute approximate surface area is 142 Å². The van der Waals surface area contributed by atoms with Crippen LogP contribution in [0.3, 0.4) is 0 Å². The van der Waals surface area contributed by atoms with E-state index in [1.54, 1.807) is 0 Å². The summed E-state index contributed by atoms with van der Waals surface area (Å²) in [4.78, 5) is 18.9. The van der Waals surface area contributed by atoms with Crippen molar-refractivity contribution >= 4 is 5.91 Å². The summed E-state index contributed by atoms with van der Waals surface area (Å²) in [6.07, 6.45) is 3.20. The Bertz CT molecular complexity index is 706. The molecule has 2 aromatic rings. The van der Waals surface area contributed by atoms with Crippen LogP contribution in [0.2, 0.25) is 0 Å². The smallest absolute Gasteiger partial charge is 0.231 e. The predicted octanol–water partition coefficient (Wildman–Crippen LogP) is 2.24. The number of piperidine rings is 1. The van der Waals surface area contributed by atoms with Crippen molar-refractivity contribution in [2.75, 3.05) is 13.1 Å². The highest BCUT2D eigenvalue weighted by molar-refractivity contribution is 5.76. The van der Waals surface area contributed by atoms with E-state index in [1.165, 1.54) is 0 Å². The molecule has 0 unspecified atom stereocenters. The Morgan fingerprint density at radius 1 is 1.42 bits per heavy atom. The molecular formula is C17H25N5O2. The molecule has 130 valence electrons. The van der Waals surface area contributed by atoms with Crippen molar-refractivity contribution in [1.82, 2.24) is 24.8 Å². The van der Waals surface area contributed by atoms with E-state index in [1.807, 2.05) is 36.4 Å². The first-order valence-corrected chi connectivity index (χ1v) is 8.68. The van der Waals surface area contributed by atoms with Gasteiger partial charge in [-0.25, -0.2) is 0 Å². The second-order valence-electron chi connectivity index (χ2n) is 6.48. The molecule has 1 fully saturated rings. The second kappa shape index (κ2) is 7.15. The minimum absolute atomic E-state index is 0.157. The summed E-state index contributed by atoms with van der Waals surface area (Å²) >= 11 is 0. The monoisotopic (exact) mass is 331 g/mol. The van der Waals surface area contributed by atoms with Gasteiger partial charge in [0.15, 0.2) is 5.82 Å². The summed E-state index contributed by atoms with van der Waals surface area (Å²) in [5.74, 6) is 1.73. The summed E-state index contributed by atoms with van der Waals surface area (Å²) in [6.45, 7) is 8.09.